The van der Waals surface area contributed by atoms with Crippen LogP contribution in [0.4, 0.5) is 0 Å². The number of aliphatic hydroxyl groups is 1. The molecule has 4 rings (SSSR count). The number of aliphatic hydroxyl groups excluding tert-OH is 1. The summed E-state index contributed by atoms with van der Waals surface area (Å²) in [5, 5.41) is 10.6. The molecule has 0 aromatic rings. The van der Waals surface area contributed by atoms with Crippen molar-refractivity contribution in [2.45, 2.75) is 93.8 Å². The van der Waals surface area contributed by atoms with Crippen LogP contribution < -0.4 is 0 Å². The summed E-state index contributed by atoms with van der Waals surface area (Å²) in [7, 11) is 1.76. The molecule has 3 saturated heterocycles. The van der Waals surface area contributed by atoms with E-state index in [2.05, 4.69) is 33.9 Å². The van der Waals surface area contributed by atoms with Crippen molar-refractivity contribution in [1.29, 1.82) is 0 Å². The van der Waals surface area contributed by atoms with Gasteiger partial charge in [-0.1, -0.05) is 52.2 Å². The molecule has 3 amide bonds. The van der Waals surface area contributed by atoms with E-state index in [4.69, 9.17) is 0 Å². The lowest BCUT2D eigenvalue weighted by atomic mass is 9.65. The first-order chi connectivity index (χ1) is 18.1. The Balaban J connectivity index is 1.81. The van der Waals surface area contributed by atoms with Crippen molar-refractivity contribution in [2.24, 2.45) is 23.7 Å². The van der Waals surface area contributed by atoms with Gasteiger partial charge in [-0.15, -0.1) is 24.9 Å². The monoisotopic (exact) mass is 545 g/mol. The molecule has 2 bridgehead atoms. The van der Waals surface area contributed by atoms with Crippen LogP contribution in [-0.2, 0) is 14.4 Å². The highest BCUT2D eigenvalue weighted by Gasteiger charge is 2.77. The van der Waals surface area contributed by atoms with Crippen LogP contribution in [-0.4, -0.2) is 92.4 Å². The molecular weight excluding hydrogens is 498 g/mol. The zero-order valence-corrected chi connectivity index (χ0v) is 24.5. The predicted molar refractivity (Wildman–Crippen MR) is 152 cm³/mol. The van der Waals surface area contributed by atoms with Crippen molar-refractivity contribution in [3.63, 3.8) is 0 Å². The summed E-state index contributed by atoms with van der Waals surface area (Å²) in [5.74, 6) is -0.868. The number of fused-ring (bicyclic) bond motifs is 1. The fraction of sp³-hybridized carbons (Fsp3) is 0.767. The molecule has 38 heavy (non-hydrogen) atoms. The van der Waals surface area contributed by atoms with E-state index in [-0.39, 0.29) is 47.5 Å². The summed E-state index contributed by atoms with van der Waals surface area (Å²) in [6.07, 6.45) is 10.2. The number of hydrogen-bond acceptors (Lipinski definition) is 5. The summed E-state index contributed by atoms with van der Waals surface area (Å²) >= 11 is 1.71. The normalized spacial score (nSPS) is 33.4. The van der Waals surface area contributed by atoms with Gasteiger partial charge < -0.3 is 19.8 Å². The molecule has 212 valence electrons. The molecule has 7 atom stereocenters. The van der Waals surface area contributed by atoms with E-state index < -0.39 is 28.7 Å². The van der Waals surface area contributed by atoms with E-state index in [9.17, 15) is 19.5 Å². The minimum Gasteiger partial charge on any atom is -0.394 e. The highest BCUT2D eigenvalue weighted by atomic mass is 32.2. The molecule has 1 spiro atoms. The van der Waals surface area contributed by atoms with Crippen molar-refractivity contribution in [2.75, 3.05) is 26.7 Å². The van der Waals surface area contributed by atoms with Gasteiger partial charge in [-0.25, -0.2) is 0 Å². The first kappa shape index (κ1) is 29.2. The number of nitrogens with zero attached hydrogens (tertiary/aromatic N) is 3. The third-order valence-corrected chi connectivity index (χ3v) is 11.5. The number of amides is 3. The van der Waals surface area contributed by atoms with Gasteiger partial charge >= 0.3 is 0 Å². The lowest BCUT2D eigenvalue weighted by Gasteiger charge is -2.44. The van der Waals surface area contributed by atoms with Crippen LogP contribution in [0.3, 0.4) is 0 Å². The smallest absolute Gasteiger partial charge is 0.247 e. The summed E-state index contributed by atoms with van der Waals surface area (Å²) in [6, 6.07) is -1.01. The zero-order valence-electron chi connectivity index (χ0n) is 23.7. The Morgan fingerprint density at radius 3 is 2.39 bits per heavy atom. The van der Waals surface area contributed by atoms with Crippen LogP contribution >= 0.6 is 11.8 Å². The van der Waals surface area contributed by atoms with Gasteiger partial charge in [0.2, 0.25) is 17.7 Å². The molecule has 1 saturated carbocycles. The molecule has 0 aromatic carbocycles. The number of carbonyl (C=O) groups is 3. The first-order valence-electron chi connectivity index (χ1n) is 14.5. The number of likely N-dealkylation sites (N-methyl/N-ethyl adjacent to an activating group) is 1. The van der Waals surface area contributed by atoms with Crippen LogP contribution in [0.15, 0.2) is 25.3 Å². The standard InChI is InChI=1S/C30H47N3O4S/c1-7-14-31(6)27(35)24-23-17-20(5)30(38-23)25(24)28(36)33(22(18-34)16-19(3)4)26(30)29(37)32(15-8-2)21-12-10-9-11-13-21/h7-8,19-26,34H,1-2,9-18H2,3-6H3/t20?,22-,23-,24+,25+,26?,30?/m1/s1. The maximum Gasteiger partial charge on any atom is 0.247 e. The van der Waals surface area contributed by atoms with Crippen molar-refractivity contribution >= 4 is 29.5 Å². The molecule has 7 nitrogen and oxygen atoms in total. The van der Waals surface area contributed by atoms with Gasteiger partial charge in [-0.05, 0) is 37.5 Å². The Labute approximate surface area is 233 Å². The van der Waals surface area contributed by atoms with E-state index in [1.165, 1.54) is 6.42 Å². The number of carbonyl (C=O) groups excluding carboxylic acids is 3. The summed E-state index contributed by atoms with van der Waals surface area (Å²) < 4.78 is -0.674. The van der Waals surface area contributed by atoms with Crippen molar-refractivity contribution in [3.8, 4) is 0 Å². The molecule has 0 aromatic heterocycles. The molecule has 1 aliphatic carbocycles. The Bertz CT molecular complexity index is 934. The van der Waals surface area contributed by atoms with Gasteiger partial charge in [0.15, 0.2) is 0 Å². The number of likely N-dealkylation sites (tertiary alicyclic amines) is 1. The summed E-state index contributed by atoms with van der Waals surface area (Å²) in [6.45, 7) is 14.7. The van der Waals surface area contributed by atoms with Crippen LogP contribution in [0.1, 0.15) is 65.7 Å². The highest BCUT2D eigenvalue weighted by Crippen LogP contribution is 2.69. The van der Waals surface area contributed by atoms with Gasteiger partial charge in [0.1, 0.15) is 6.04 Å². The number of hydrogen-bond donors (Lipinski definition) is 1. The van der Waals surface area contributed by atoms with Gasteiger partial charge in [-0.2, -0.15) is 0 Å². The van der Waals surface area contributed by atoms with E-state index >= 15 is 0 Å². The third kappa shape index (κ3) is 4.74. The minimum absolute atomic E-state index is 0.0105. The SMILES string of the molecule is C=CCN(C)C(=O)[C@@H]1[C@H]2C(=O)N([C@@H](CO)CC(C)C)C(C(=O)N(CC=C)C3CCCCC3)C23S[C@@H]1CC3C. The second kappa shape index (κ2) is 11.7. The Kier molecular flexibility index (Phi) is 9.02. The third-order valence-electron chi connectivity index (χ3n) is 9.45. The van der Waals surface area contributed by atoms with E-state index in [1.54, 1.807) is 40.8 Å². The molecule has 3 aliphatic heterocycles. The van der Waals surface area contributed by atoms with E-state index in [1.807, 2.05) is 4.90 Å². The second-order valence-electron chi connectivity index (χ2n) is 12.3. The first-order valence-corrected chi connectivity index (χ1v) is 15.4. The largest absolute Gasteiger partial charge is 0.394 e. The molecule has 1 N–H and O–H groups in total. The van der Waals surface area contributed by atoms with Gasteiger partial charge in [0.05, 0.1) is 29.2 Å². The van der Waals surface area contributed by atoms with Crippen LogP contribution in [0.2, 0.25) is 0 Å². The van der Waals surface area contributed by atoms with Crippen LogP contribution in [0, 0.1) is 23.7 Å². The Morgan fingerprint density at radius 2 is 1.82 bits per heavy atom. The molecule has 4 fully saturated rings. The lowest BCUT2D eigenvalue weighted by Crippen LogP contribution is -2.61. The van der Waals surface area contributed by atoms with Gasteiger partial charge in [-0.3, -0.25) is 14.4 Å². The fourth-order valence-corrected chi connectivity index (χ4v) is 10.3. The Hall–Kier alpha value is -1.80. The van der Waals surface area contributed by atoms with Crippen LogP contribution in [0.5, 0.6) is 0 Å². The quantitative estimate of drug-likeness (QED) is 0.400. The second-order valence-corrected chi connectivity index (χ2v) is 13.9. The van der Waals surface area contributed by atoms with E-state index in [0.717, 1.165) is 32.1 Å². The van der Waals surface area contributed by atoms with Crippen molar-refractivity contribution in [3.05, 3.63) is 25.3 Å². The summed E-state index contributed by atoms with van der Waals surface area (Å²) in [4.78, 5) is 48.4. The minimum atomic E-state index is -0.690. The molecule has 3 heterocycles. The average molecular weight is 546 g/mol. The molecule has 0 radical (unpaired) electrons. The maximum atomic E-state index is 14.8. The van der Waals surface area contributed by atoms with E-state index in [0.29, 0.717) is 19.5 Å². The molecule has 8 heteroatoms. The number of thioether (sulfide) groups is 1. The Morgan fingerprint density at radius 1 is 1.16 bits per heavy atom. The van der Waals surface area contributed by atoms with Gasteiger partial charge in [0.25, 0.3) is 0 Å². The topological polar surface area (TPSA) is 81.2 Å². The molecular formula is C30H47N3O4S. The average Bonchev–Trinajstić information content (AvgIpc) is 3.49. The molecule has 3 unspecified atom stereocenters. The zero-order chi connectivity index (χ0) is 27.8. The maximum absolute atomic E-state index is 14.8. The predicted octanol–water partition coefficient (Wildman–Crippen LogP) is 3.72. The fourth-order valence-electron chi connectivity index (χ4n) is 7.88. The van der Waals surface area contributed by atoms with Crippen molar-refractivity contribution in [1.82, 2.24) is 14.7 Å². The number of rotatable bonds is 11. The molecule has 4 aliphatic rings. The highest BCUT2D eigenvalue weighted by molar-refractivity contribution is 8.02. The van der Waals surface area contributed by atoms with Crippen LogP contribution in [0.25, 0.3) is 0 Å². The summed E-state index contributed by atoms with van der Waals surface area (Å²) in [5.41, 5.74) is 0. The lowest BCUT2D eigenvalue weighted by molar-refractivity contribution is -0.148. The van der Waals surface area contributed by atoms with Crippen molar-refractivity contribution < 1.29 is 19.5 Å². The van der Waals surface area contributed by atoms with Gasteiger partial charge in [0, 0.05) is 31.4 Å².